The number of hydrogen-bond acceptors (Lipinski definition) is 3. The van der Waals surface area contributed by atoms with Crippen molar-refractivity contribution in [1.82, 2.24) is 4.90 Å². The first kappa shape index (κ1) is 16.9. The van der Waals surface area contributed by atoms with Gasteiger partial charge in [0.2, 0.25) is 0 Å². The molecule has 0 aliphatic rings. The largest absolute Gasteiger partial charge is 0.435 e. The topological polar surface area (TPSA) is 38.5 Å². The Balaban J connectivity index is 2.78. The molecule has 0 radical (unpaired) electrons. The molecule has 3 nitrogen and oxygen atoms in total. The number of nitrogens with zero attached hydrogens (tertiary/aromatic N) is 1. The van der Waals surface area contributed by atoms with Crippen LogP contribution in [0.5, 0.6) is 5.75 Å². The fourth-order valence-corrected chi connectivity index (χ4v) is 2.08. The lowest BCUT2D eigenvalue weighted by Crippen LogP contribution is -2.37. The van der Waals surface area contributed by atoms with Crippen molar-refractivity contribution in [2.75, 3.05) is 20.1 Å². The lowest BCUT2D eigenvalue weighted by Gasteiger charge is -2.33. The van der Waals surface area contributed by atoms with Gasteiger partial charge >= 0.3 is 6.61 Å². The molecule has 0 heterocycles. The minimum Gasteiger partial charge on any atom is -0.435 e. The van der Waals surface area contributed by atoms with Gasteiger partial charge in [0.1, 0.15) is 5.75 Å². The average molecular weight is 286 g/mol. The van der Waals surface area contributed by atoms with Gasteiger partial charge in [-0.05, 0) is 43.6 Å². The van der Waals surface area contributed by atoms with Crippen molar-refractivity contribution < 1.29 is 13.5 Å². The van der Waals surface area contributed by atoms with E-state index >= 15 is 0 Å². The lowest BCUT2D eigenvalue weighted by atomic mass is 9.92. The van der Waals surface area contributed by atoms with Crippen LogP contribution in [-0.2, 0) is 0 Å². The van der Waals surface area contributed by atoms with Crippen LogP contribution in [0.3, 0.4) is 0 Å². The molecule has 0 saturated heterocycles. The highest BCUT2D eigenvalue weighted by molar-refractivity contribution is 5.30. The van der Waals surface area contributed by atoms with Crippen molar-refractivity contribution in [1.29, 1.82) is 0 Å². The molecule has 0 bridgehead atoms. The molecule has 2 N–H and O–H groups in total. The molecule has 0 aromatic heterocycles. The minimum absolute atomic E-state index is 0.0140. The van der Waals surface area contributed by atoms with E-state index in [1.165, 1.54) is 6.07 Å². The number of rotatable bonds is 7. The molecule has 5 heteroatoms. The normalized spacial score (nSPS) is 13.8. The zero-order valence-electron chi connectivity index (χ0n) is 12.6. The van der Waals surface area contributed by atoms with Crippen LogP contribution in [0.1, 0.15) is 32.4 Å². The molecule has 1 aromatic carbocycles. The maximum atomic E-state index is 12.2. The Bertz CT molecular complexity index is 424. The van der Waals surface area contributed by atoms with Gasteiger partial charge in [-0.15, -0.1) is 0 Å². The number of nitrogens with two attached hydrogens (primary N) is 1. The second-order valence-electron chi connectivity index (χ2n) is 5.91. The second kappa shape index (κ2) is 6.99. The monoisotopic (exact) mass is 286 g/mol. The van der Waals surface area contributed by atoms with Crippen molar-refractivity contribution in [2.24, 2.45) is 11.1 Å². The van der Waals surface area contributed by atoms with E-state index in [0.717, 1.165) is 12.1 Å². The highest BCUT2D eigenvalue weighted by Crippen LogP contribution is 2.26. The van der Waals surface area contributed by atoms with E-state index < -0.39 is 6.61 Å². The van der Waals surface area contributed by atoms with Crippen molar-refractivity contribution >= 4 is 0 Å². The SMILES string of the molecule is CC(c1cccc(OC(F)F)c1)N(C)CC(C)(C)CN. The summed E-state index contributed by atoms with van der Waals surface area (Å²) in [5.41, 5.74) is 6.70. The third kappa shape index (κ3) is 5.06. The maximum Gasteiger partial charge on any atom is 0.387 e. The van der Waals surface area contributed by atoms with Gasteiger partial charge in [-0.3, -0.25) is 4.90 Å². The first-order valence-electron chi connectivity index (χ1n) is 6.70. The molecule has 1 aromatic rings. The number of benzene rings is 1. The van der Waals surface area contributed by atoms with Crippen molar-refractivity contribution in [3.8, 4) is 5.75 Å². The van der Waals surface area contributed by atoms with E-state index in [0.29, 0.717) is 6.54 Å². The molecular weight excluding hydrogens is 262 g/mol. The van der Waals surface area contributed by atoms with Crippen LogP contribution in [0.4, 0.5) is 8.78 Å². The lowest BCUT2D eigenvalue weighted by molar-refractivity contribution is -0.0499. The molecule has 0 aliphatic carbocycles. The highest BCUT2D eigenvalue weighted by atomic mass is 19.3. The van der Waals surface area contributed by atoms with Gasteiger partial charge in [0.15, 0.2) is 0 Å². The third-order valence-corrected chi connectivity index (χ3v) is 3.46. The summed E-state index contributed by atoms with van der Waals surface area (Å²) in [5, 5.41) is 0. The van der Waals surface area contributed by atoms with Gasteiger partial charge in [-0.2, -0.15) is 8.78 Å². The van der Waals surface area contributed by atoms with Crippen molar-refractivity contribution in [3.05, 3.63) is 29.8 Å². The Labute approximate surface area is 119 Å². The predicted molar refractivity (Wildman–Crippen MR) is 77.0 cm³/mol. The quantitative estimate of drug-likeness (QED) is 0.836. The molecule has 1 unspecified atom stereocenters. The summed E-state index contributed by atoms with van der Waals surface area (Å²) in [6, 6.07) is 6.93. The Morgan fingerprint density at radius 2 is 2.00 bits per heavy atom. The summed E-state index contributed by atoms with van der Waals surface area (Å²) in [7, 11) is 2.00. The number of hydrogen-bond donors (Lipinski definition) is 1. The second-order valence-corrected chi connectivity index (χ2v) is 5.91. The fourth-order valence-electron chi connectivity index (χ4n) is 2.08. The van der Waals surface area contributed by atoms with Crippen LogP contribution < -0.4 is 10.5 Å². The average Bonchev–Trinajstić information content (AvgIpc) is 2.37. The van der Waals surface area contributed by atoms with Crippen molar-refractivity contribution in [2.45, 2.75) is 33.4 Å². The van der Waals surface area contributed by atoms with Crippen LogP contribution in [0.15, 0.2) is 24.3 Å². The summed E-state index contributed by atoms with van der Waals surface area (Å²) in [6.45, 7) is 4.87. The van der Waals surface area contributed by atoms with Crippen molar-refractivity contribution in [3.63, 3.8) is 0 Å². The molecular formula is C15H24F2N2O. The van der Waals surface area contributed by atoms with Gasteiger partial charge in [0.05, 0.1) is 0 Å². The first-order chi connectivity index (χ1) is 9.25. The molecule has 114 valence electrons. The highest BCUT2D eigenvalue weighted by Gasteiger charge is 2.22. The summed E-state index contributed by atoms with van der Waals surface area (Å²) in [6.07, 6.45) is 0. The van der Waals surface area contributed by atoms with Gasteiger partial charge in [0.25, 0.3) is 0 Å². The smallest absolute Gasteiger partial charge is 0.387 e. The van der Waals surface area contributed by atoms with Crippen LogP contribution in [0.2, 0.25) is 0 Å². The van der Waals surface area contributed by atoms with Gasteiger partial charge < -0.3 is 10.5 Å². The maximum absolute atomic E-state index is 12.2. The van der Waals surface area contributed by atoms with E-state index in [2.05, 4.69) is 23.5 Å². The Kier molecular flexibility index (Phi) is 5.89. The predicted octanol–water partition coefficient (Wildman–Crippen LogP) is 3.27. The zero-order valence-corrected chi connectivity index (χ0v) is 12.6. The summed E-state index contributed by atoms with van der Waals surface area (Å²) in [5.74, 6) is 0.191. The molecule has 1 atom stereocenters. The van der Waals surface area contributed by atoms with Crippen LogP contribution in [-0.4, -0.2) is 31.6 Å². The zero-order chi connectivity index (χ0) is 15.3. The third-order valence-electron chi connectivity index (χ3n) is 3.46. The number of ether oxygens (including phenoxy) is 1. The molecule has 0 aliphatic heterocycles. The molecule has 20 heavy (non-hydrogen) atoms. The molecule has 0 spiro atoms. The van der Waals surface area contributed by atoms with E-state index in [1.807, 2.05) is 20.0 Å². The Morgan fingerprint density at radius 3 is 2.55 bits per heavy atom. The standard InChI is InChI=1S/C15H24F2N2O/c1-11(19(4)10-15(2,3)9-18)12-6-5-7-13(8-12)20-14(16)17/h5-8,11,14H,9-10,18H2,1-4H3. The summed E-state index contributed by atoms with van der Waals surface area (Å²) >= 11 is 0. The van der Waals surface area contributed by atoms with Gasteiger partial charge in [-0.25, -0.2) is 0 Å². The minimum atomic E-state index is -2.80. The van der Waals surface area contributed by atoms with E-state index in [4.69, 9.17) is 5.73 Å². The Morgan fingerprint density at radius 1 is 1.35 bits per heavy atom. The molecule has 0 amide bonds. The fraction of sp³-hybridized carbons (Fsp3) is 0.600. The van der Waals surface area contributed by atoms with Crippen LogP contribution >= 0.6 is 0 Å². The van der Waals surface area contributed by atoms with E-state index in [-0.39, 0.29) is 17.2 Å². The molecule has 0 saturated carbocycles. The number of alkyl halides is 2. The van der Waals surface area contributed by atoms with E-state index in [1.54, 1.807) is 12.1 Å². The number of halogens is 2. The first-order valence-corrected chi connectivity index (χ1v) is 6.70. The summed E-state index contributed by atoms with van der Waals surface area (Å²) < 4.78 is 28.9. The molecule has 1 rings (SSSR count). The Hall–Kier alpha value is -1.20. The van der Waals surface area contributed by atoms with E-state index in [9.17, 15) is 8.78 Å². The van der Waals surface area contributed by atoms with Crippen LogP contribution in [0.25, 0.3) is 0 Å². The van der Waals surface area contributed by atoms with Gasteiger partial charge in [-0.1, -0.05) is 26.0 Å². The summed E-state index contributed by atoms with van der Waals surface area (Å²) in [4.78, 5) is 2.16. The molecule has 0 fully saturated rings. The van der Waals surface area contributed by atoms with Gasteiger partial charge in [0, 0.05) is 12.6 Å². The van der Waals surface area contributed by atoms with Crippen LogP contribution in [0, 0.1) is 5.41 Å².